The highest BCUT2D eigenvalue weighted by atomic mass is 35.5. The Kier molecular flexibility index (Phi) is 5.00. The van der Waals surface area contributed by atoms with Gasteiger partial charge in [0.15, 0.2) is 5.82 Å². The second-order valence-corrected chi connectivity index (χ2v) is 5.67. The summed E-state index contributed by atoms with van der Waals surface area (Å²) in [6, 6.07) is 10.6. The molecule has 0 atom stereocenters. The number of nitrogens with zero attached hydrogens (tertiary/aromatic N) is 3. The van der Waals surface area contributed by atoms with Gasteiger partial charge in [0.1, 0.15) is 5.75 Å². The maximum atomic E-state index is 12.7. The molecule has 1 amide bonds. The topological polar surface area (TPSA) is 69.0 Å². The van der Waals surface area contributed by atoms with Gasteiger partial charge in [-0.2, -0.15) is 5.10 Å². The van der Waals surface area contributed by atoms with E-state index >= 15 is 0 Å². The standard InChI is InChI=1S/C18H17ClN4O2/c1-3-16-13(11-21-23(16)17-6-4-5-9-20-17)18(24)22-15-8-7-12(25-2)10-14(15)19/h4-11H,3H2,1-2H3,(H,22,24). The minimum Gasteiger partial charge on any atom is -0.497 e. The predicted molar refractivity (Wildman–Crippen MR) is 96.7 cm³/mol. The molecular formula is C18H17ClN4O2. The van der Waals surface area contributed by atoms with E-state index in [1.807, 2.05) is 25.1 Å². The van der Waals surface area contributed by atoms with Gasteiger partial charge in [-0.1, -0.05) is 24.6 Å². The summed E-state index contributed by atoms with van der Waals surface area (Å²) >= 11 is 6.19. The van der Waals surface area contributed by atoms with Crippen LogP contribution in [0.3, 0.4) is 0 Å². The number of ether oxygens (including phenoxy) is 1. The molecule has 0 fully saturated rings. The van der Waals surface area contributed by atoms with Crippen molar-refractivity contribution in [2.24, 2.45) is 0 Å². The van der Waals surface area contributed by atoms with Gasteiger partial charge in [0, 0.05) is 12.3 Å². The third kappa shape index (κ3) is 3.49. The predicted octanol–water partition coefficient (Wildman–Crippen LogP) is 3.74. The molecule has 25 heavy (non-hydrogen) atoms. The van der Waals surface area contributed by atoms with E-state index in [0.717, 1.165) is 5.69 Å². The van der Waals surface area contributed by atoms with Crippen LogP contribution in [-0.2, 0) is 6.42 Å². The highest BCUT2D eigenvalue weighted by molar-refractivity contribution is 6.34. The molecular weight excluding hydrogens is 340 g/mol. The number of benzene rings is 1. The molecule has 0 saturated carbocycles. The third-order valence-corrected chi connectivity index (χ3v) is 4.05. The molecule has 0 radical (unpaired) electrons. The van der Waals surface area contributed by atoms with E-state index < -0.39 is 0 Å². The molecule has 0 aliphatic heterocycles. The van der Waals surface area contributed by atoms with Crippen LogP contribution in [0.25, 0.3) is 5.82 Å². The molecule has 6 nitrogen and oxygen atoms in total. The summed E-state index contributed by atoms with van der Waals surface area (Å²) < 4.78 is 6.78. The largest absolute Gasteiger partial charge is 0.497 e. The van der Waals surface area contributed by atoms with Gasteiger partial charge in [-0.25, -0.2) is 9.67 Å². The van der Waals surface area contributed by atoms with Crippen LogP contribution in [0.2, 0.25) is 5.02 Å². The Hall–Kier alpha value is -2.86. The molecule has 0 bridgehead atoms. The van der Waals surface area contributed by atoms with Crippen LogP contribution in [0.4, 0.5) is 5.69 Å². The van der Waals surface area contributed by atoms with E-state index in [2.05, 4.69) is 15.4 Å². The number of hydrogen-bond donors (Lipinski definition) is 1. The number of hydrogen-bond acceptors (Lipinski definition) is 4. The van der Waals surface area contributed by atoms with E-state index in [9.17, 15) is 4.79 Å². The maximum Gasteiger partial charge on any atom is 0.259 e. The number of carbonyl (C=O) groups is 1. The lowest BCUT2D eigenvalue weighted by Gasteiger charge is -2.10. The van der Waals surface area contributed by atoms with Gasteiger partial charge in [0.25, 0.3) is 5.91 Å². The van der Waals surface area contributed by atoms with Crippen molar-refractivity contribution in [3.63, 3.8) is 0 Å². The van der Waals surface area contributed by atoms with E-state index in [4.69, 9.17) is 16.3 Å². The number of methoxy groups -OCH3 is 1. The molecule has 0 unspecified atom stereocenters. The van der Waals surface area contributed by atoms with Crippen molar-refractivity contribution < 1.29 is 9.53 Å². The van der Waals surface area contributed by atoms with Gasteiger partial charge in [0.2, 0.25) is 0 Å². The van der Waals surface area contributed by atoms with Gasteiger partial charge in [-0.05, 0) is 30.7 Å². The van der Waals surface area contributed by atoms with Crippen LogP contribution >= 0.6 is 11.6 Å². The van der Waals surface area contributed by atoms with Gasteiger partial charge in [-0.3, -0.25) is 4.79 Å². The number of pyridine rings is 1. The molecule has 128 valence electrons. The minimum atomic E-state index is -0.272. The summed E-state index contributed by atoms with van der Waals surface area (Å²) in [5.74, 6) is 1.02. The van der Waals surface area contributed by atoms with Crippen molar-refractivity contribution in [1.82, 2.24) is 14.8 Å². The van der Waals surface area contributed by atoms with Crippen LogP contribution in [0.1, 0.15) is 23.0 Å². The average Bonchev–Trinajstić information content (AvgIpc) is 3.08. The molecule has 0 spiro atoms. The summed E-state index contributed by atoms with van der Waals surface area (Å²) in [5.41, 5.74) is 1.78. The Balaban J connectivity index is 1.89. The lowest BCUT2D eigenvalue weighted by Crippen LogP contribution is -2.14. The molecule has 0 aliphatic carbocycles. The second-order valence-electron chi connectivity index (χ2n) is 5.26. The average molecular weight is 357 g/mol. The molecule has 7 heteroatoms. The van der Waals surface area contributed by atoms with Gasteiger partial charge < -0.3 is 10.1 Å². The van der Waals surface area contributed by atoms with Crippen molar-refractivity contribution in [1.29, 1.82) is 0 Å². The zero-order valence-corrected chi connectivity index (χ0v) is 14.6. The van der Waals surface area contributed by atoms with E-state index in [0.29, 0.717) is 34.3 Å². The Labute approximate surface area is 150 Å². The van der Waals surface area contributed by atoms with Gasteiger partial charge in [-0.15, -0.1) is 0 Å². The molecule has 3 aromatic rings. The number of anilines is 1. The van der Waals surface area contributed by atoms with Crippen LogP contribution < -0.4 is 10.1 Å². The number of aromatic nitrogens is 3. The maximum absolute atomic E-state index is 12.7. The Morgan fingerprint density at radius 3 is 2.80 bits per heavy atom. The fraction of sp³-hybridized carbons (Fsp3) is 0.167. The first-order valence-corrected chi connectivity index (χ1v) is 8.15. The van der Waals surface area contributed by atoms with Crippen molar-refractivity contribution in [3.8, 4) is 11.6 Å². The minimum absolute atomic E-state index is 0.272. The van der Waals surface area contributed by atoms with Crippen LogP contribution in [0, 0.1) is 0 Å². The third-order valence-electron chi connectivity index (χ3n) is 3.74. The molecule has 1 N–H and O–H groups in total. The molecule has 1 aromatic carbocycles. The molecule has 0 saturated heterocycles. The van der Waals surface area contributed by atoms with E-state index in [-0.39, 0.29) is 5.91 Å². The number of nitrogens with one attached hydrogen (secondary N) is 1. The van der Waals surface area contributed by atoms with Gasteiger partial charge in [0.05, 0.1) is 35.3 Å². The lowest BCUT2D eigenvalue weighted by atomic mass is 10.2. The highest BCUT2D eigenvalue weighted by Crippen LogP contribution is 2.27. The number of halogens is 1. The quantitative estimate of drug-likeness (QED) is 0.756. The number of amides is 1. The molecule has 3 rings (SSSR count). The zero-order chi connectivity index (χ0) is 17.8. The van der Waals surface area contributed by atoms with E-state index in [1.54, 1.807) is 42.4 Å². The molecule has 0 aliphatic rings. The Bertz CT molecular complexity index is 893. The first-order chi connectivity index (χ1) is 12.1. The number of rotatable bonds is 5. The molecule has 2 heterocycles. The van der Waals surface area contributed by atoms with Crippen molar-refractivity contribution in [2.75, 3.05) is 12.4 Å². The summed E-state index contributed by atoms with van der Waals surface area (Å²) in [6.45, 7) is 1.97. The Morgan fingerprint density at radius 2 is 2.16 bits per heavy atom. The van der Waals surface area contributed by atoms with E-state index in [1.165, 1.54) is 0 Å². The monoisotopic (exact) mass is 356 g/mol. The van der Waals surface area contributed by atoms with Crippen molar-refractivity contribution in [2.45, 2.75) is 13.3 Å². The fourth-order valence-corrected chi connectivity index (χ4v) is 2.71. The summed E-state index contributed by atoms with van der Waals surface area (Å²) in [5, 5.41) is 7.53. The van der Waals surface area contributed by atoms with Crippen molar-refractivity contribution >= 4 is 23.2 Å². The Morgan fingerprint density at radius 1 is 1.32 bits per heavy atom. The van der Waals surface area contributed by atoms with Crippen molar-refractivity contribution in [3.05, 3.63) is 65.1 Å². The zero-order valence-electron chi connectivity index (χ0n) is 13.9. The lowest BCUT2D eigenvalue weighted by molar-refractivity contribution is 0.102. The smallest absolute Gasteiger partial charge is 0.259 e. The van der Waals surface area contributed by atoms with Gasteiger partial charge >= 0.3 is 0 Å². The van der Waals surface area contributed by atoms with Crippen LogP contribution in [-0.4, -0.2) is 27.8 Å². The first kappa shape index (κ1) is 17.0. The normalized spacial score (nSPS) is 10.5. The summed E-state index contributed by atoms with van der Waals surface area (Å²) in [7, 11) is 1.56. The highest BCUT2D eigenvalue weighted by Gasteiger charge is 2.18. The first-order valence-electron chi connectivity index (χ1n) is 7.77. The van der Waals surface area contributed by atoms with Crippen LogP contribution in [0.15, 0.2) is 48.8 Å². The number of carbonyl (C=O) groups excluding carboxylic acids is 1. The SMILES string of the molecule is CCc1c(C(=O)Nc2ccc(OC)cc2Cl)cnn1-c1ccccn1. The summed E-state index contributed by atoms with van der Waals surface area (Å²) in [6.07, 6.45) is 3.86. The van der Waals surface area contributed by atoms with Crippen LogP contribution in [0.5, 0.6) is 5.75 Å². The second kappa shape index (κ2) is 7.36. The fourth-order valence-electron chi connectivity index (χ4n) is 2.49. The molecule has 2 aromatic heterocycles. The summed E-state index contributed by atoms with van der Waals surface area (Å²) in [4.78, 5) is 17.0.